The van der Waals surface area contributed by atoms with Gasteiger partial charge < -0.3 is 10.2 Å². The van der Waals surface area contributed by atoms with Gasteiger partial charge in [-0.2, -0.15) is 0 Å². The molecule has 0 atom stereocenters. The predicted octanol–water partition coefficient (Wildman–Crippen LogP) is 3.42. The molecule has 2 aromatic carbocycles. The van der Waals surface area contributed by atoms with Crippen LogP contribution < -0.4 is 15.4 Å². The van der Waals surface area contributed by atoms with Gasteiger partial charge in [0.2, 0.25) is 10.0 Å². The molecule has 2 heterocycles. The third-order valence-corrected chi connectivity index (χ3v) is 6.32. The number of nitrogens with two attached hydrogens (primary N) is 1. The quantitative estimate of drug-likeness (QED) is 0.613. The second-order valence-electron chi connectivity index (χ2n) is 8.11. The average Bonchev–Trinajstić information content (AvgIpc) is 2.77. The molecule has 3 aromatic rings. The zero-order valence-electron chi connectivity index (χ0n) is 17.7. The minimum Gasteiger partial charge on any atom is -0.366 e. The Morgan fingerprint density at radius 2 is 1.84 bits per heavy atom. The molecule has 7 nitrogen and oxygen atoms in total. The summed E-state index contributed by atoms with van der Waals surface area (Å²) in [7, 11) is -3.73. The monoisotopic (exact) mass is 437 g/mol. The fourth-order valence-corrected chi connectivity index (χ4v) is 4.22. The van der Waals surface area contributed by atoms with E-state index in [9.17, 15) is 8.42 Å². The molecule has 0 unspecified atom stereocenters. The van der Waals surface area contributed by atoms with Crippen LogP contribution in [0.15, 0.2) is 59.5 Å². The van der Waals surface area contributed by atoms with Gasteiger partial charge in [0.05, 0.1) is 4.90 Å². The topological polar surface area (TPSA) is 101 Å². The highest BCUT2D eigenvalue weighted by Gasteiger charge is 2.21. The van der Waals surface area contributed by atoms with Crippen LogP contribution in [0, 0.1) is 0 Å². The molecular weight excluding hydrogens is 410 g/mol. The molecule has 1 aliphatic rings. The first-order valence-corrected chi connectivity index (χ1v) is 11.9. The van der Waals surface area contributed by atoms with Crippen LogP contribution in [0.1, 0.15) is 42.3 Å². The van der Waals surface area contributed by atoms with E-state index < -0.39 is 10.0 Å². The minimum atomic E-state index is -3.73. The van der Waals surface area contributed by atoms with Crippen LogP contribution in [0.5, 0.6) is 0 Å². The number of aromatic nitrogens is 2. The molecule has 1 aliphatic heterocycles. The maximum absolute atomic E-state index is 11.8. The minimum absolute atomic E-state index is 0.142. The zero-order chi connectivity index (χ0) is 22.0. The maximum atomic E-state index is 11.8. The molecule has 3 N–H and O–H groups in total. The van der Waals surface area contributed by atoms with Crippen molar-refractivity contribution >= 4 is 21.7 Å². The lowest BCUT2D eigenvalue weighted by Gasteiger charge is -2.30. The molecule has 0 fully saturated rings. The number of nitrogens with one attached hydrogen (secondary N) is 1. The van der Waals surface area contributed by atoms with E-state index in [4.69, 9.17) is 10.1 Å². The third-order valence-electron chi connectivity index (χ3n) is 5.41. The SMILES string of the molecule is CC(C)c1nc(NCc2ccccc2)cc(N2CCc3ccc(S(N)(=O)=O)cc3C2)n1. The Bertz CT molecular complexity index is 1180. The summed E-state index contributed by atoms with van der Waals surface area (Å²) in [6.45, 7) is 6.20. The van der Waals surface area contributed by atoms with Crippen LogP contribution in [0.2, 0.25) is 0 Å². The first-order valence-electron chi connectivity index (χ1n) is 10.4. The van der Waals surface area contributed by atoms with Crippen molar-refractivity contribution in [2.24, 2.45) is 5.14 Å². The van der Waals surface area contributed by atoms with E-state index in [-0.39, 0.29) is 10.8 Å². The number of anilines is 2. The number of primary sulfonamides is 1. The summed E-state index contributed by atoms with van der Waals surface area (Å²) < 4.78 is 23.5. The average molecular weight is 438 g/mol. The van der Waals surface area contributed by atoms with Crippen molar-refractivity contribution in [3.63, 3.8) is 0 Å². The number of benzene rings is 2. The number of hydrogen-bond donors (Lipinski definition) is 2. The highest BCUT2D eigenvalue weighted by molar-refractivity contribution is 7.89. The molecule has 0 bridgehead atoms. The van der Waals surface area contributed by atoms with Gasteiger partial charge in [-0.05, 0) is 35.2 Å². The van der Waals surface area contributed by atoms with Gasteiger partial charge in [0.25, 0.3) is 0 Å². The van der Waals surface area contributed by atoms with Gasteiger partial charge in [-0.1, -0.05) is 50.2 Å². The summed E-state index contributed by atoms with van der Waals surface area (Å²) in [6.07, 6.45) is 0.814. The number of rotatable bonds is 6. The van der Waals surface area contributed by atoms with Gasteiger partial charge >= 0.3 is 0 Å². The van der Waals surface area contributed by atoms with Crippen molar-refractivity contribution in [1.82, 2.24) is 9.97 Å². The summed E-state index contributed by atoms with van der Waals surface area (Å²) in [4.78, 5) is 11.8. The molecule has 0 spiro atoms. The van der Waals surface area contributed by atoms with Gasteiger partial charge in [-0.25, -0.2) is 23.5 Å². The lowest BCUT2D eigenvalue weighted by Crippen LogP contribution is -2.31. The molecule has 31 heavy (non-hydrogen) atoms. The van der Waals surface area contributed by atoms with Gasteiger partial charge in [0, 0.05) is 31.6 Å². The van der Waals surface area contributed by atoms with Crippen molar-refractivity contribution in [3.8, 4) is 0 Å². The Kier molecular flexibility index (Phi) is 5.93. The first-order chi connectivity index (χ1) is 14.8. The molecule has 0 saturated carbocycles. The summed E-state index contributed by atoms with van der Waals surface area (Å²) in [5.41, 5.74) is 3.28. The standard InChI is InChI=1S/C23H27N5O2S/c1-16(2)23-26-21(25-14-17-6-4-3-5-7-17)13-22(27-23)28-11-10-18-8-9-20(31(24,29)30)12-19(18)15-28/h3-9,12-13,16H,10-11,14-15H2,1-2H3,(H2,24,29,30)(H,25,26,27). The molecule has 8 heteroatoms. The number of sulfonamides is 1. The summed E-state index contributed by atoms with van der Waals surface area (Å²) >= 11 is 0. The Balaban J connectivity index is 1.61. The smallest absolute Gasteiger partial charge is 0.238 e. The van der Waals surface area contributed by atoms with Crippen LogP contribution in [0.4, 0.5) is 11.6 Å². The van der Waals surface area contributed by atoms with E-state index >= 15 is 0 Å². The Hall–Kier alpha value is -2.97. The molecule has 4 rings (SSSR count). The third kappa shape index (κ3) is 5.03. The number of fused-ring (bicyclic) bond motifs is 1. The van der Waals surface area contributed by atoms with Crippen molar-refractivity contribution < 1.29 is 8.42 Å². The predicted molar refractivity (Wildman–Crippen MR) is 122 cm³/mol. The van der Waals surface area contributed by atoms with Crippen molar-refractivity contribution in [1.29, 1.82) is 0 Å². The lowest BCUT2D eigenvalue weighted by atomic mass is 10.00. The van der Waals surface area contributed by atoms with Crippen LogP contribution in [0.3, 0.4) is 0 Å². The van der Waals surface area contributed by atoms with Gasteiger partial charge in [-0.15, -0.1) is 0 Å². The van der Waals surface area contributed by atoms with Crippen LogP contribution in [0.25, 0.3) is 0 Å². The summed E-state index contributed by atoms with van der Waals surface area (Å²) in [5, 5.41) is 8.73. The van der Waals surface area contributed by atoms with E-state index in [1.54, 1.807) is 12.1 Å². The second-order valence-corrected chi connectivity index (χ2v) is 9.67. The maximum Gasteiger partial charge on any atom is 0.238 e. The molecule has 0 saturated heterocycles. The molecular formula is C23H27N5O2S. The van der Waals surface area contributed by atoms with Gasteiger partial charge in [-0.3, -0.25) is 0 Å². The van der Waals surface area contributed by atoms with Crippen molar-refractivity contribution in [2.45, 2.75) is 44.2 Å². The van der Waals surface area contributed by atoms with E-state index in [1.165, 1.54) is 5.56 Å². The normalized spacial score (nSPS) is 13.9. The highest BCUT2D eigenvalue weighted by Crippen LogP contribution is 2.27. The molecule has 162 valence electrons. The Morgan fingerprint density at radius 1 is 1.06 bits per heavy atom. The number of nitrogens with zero attached hydrogens (tertiary/aromatic N) is 3. The Labute approximate surface area is 183 Å². The molecule has 1 aromatic heterocycles. The zero-order valence-corrected chi connectivity index (χ0v) is 18.6. The van der Waals surface area contributed by atoms with E-state index in [1.807, 2.05) is 30.3 Å². The van der Waals surface area contributed by atoms with E-state index in [2.05, 4.69) is 41.2 Å². The largest absolute Gasteiger partial charge is 0.366 e. The van der Waals surface area contributed by atoms with Gasteiger partial charge in [0.1, 0.15) is 17.5 Å². The van der Waals surface area contributed by atoms with Gasteiger partial charge in [0.15, 0.2) is 0 Å². The van der Waals surface area contributed by atoms with Crippen molar-refractivity contribution in [3.05, 3.63) is 77.1 Å². The molecule has 0 amide bonds. The fourth-order valence-electron chi connectivity index (χ4n) is 3.66. The lowest BCUT2D eigenvalue weighted by molar-refractivity contribution is 0.597. The Morgan fingerprint density at radius 3 is 2.55 bits per heavy atom. The van der Waals surface area contributed by atoms with Crippen LogP contribution in [-0.2, 0) is 29.5 Å². The highest BCUT2D eigenvalue weighted by atomic mass is 32.2. The van der Waals surface area contributed by atoms with E-state index in [0.717, 1.165) is 41.6 Å². The molecule has 0 radical (unpaired) electrons. The second kappa shape index (κ2) is 8.64. The number of hydrogen-bond acceptors (Lipinski definition) is 6. The van der Waals surface area contributed by atoms with Crippen LogP contribution >= 0.6 is 0 Å². The molecule has 0 aliphatic carbocycles. The van der Waals surface area contributed by atoms with Crippen LogP contribution in [-0.4, -0.2) is 24.9 Å². The van der Waals surface area contributed by atoms with Crippen molar-refractivity contribution in [2.75, 3.05) is 16.8 Å². The van der Waals surface area contributed by atoms with E-state index in [0.29, 0.717) is 13.1 Å². The summed E-state index contributed by atoms with van der Waals surface area (Å²) in [6, 6.07) is 17.3. The first kappa shape index (κ1) is 21.3. The summed E-state index contributed by atoms with van der Waals surface area (Å²) in [5.74, 6) is 2.57. The fraction of sp³-hybridized carbons (Fsp3) is 0.304.